The first-order valence-electron chi connectivity index (χ1n) is 9.06. The van der Waals surface area contributed by atoms with Crippen LogP contribution in [0.4, 0.5) is 0 Å². The maximum Gasteiger partial charge on any atom is 0.257 e. The van der Waals surface area contributed by atoms with E-state index in [4.69, 9.17) is 9.47 Å². The van der Waals surface area contributed by atoms with Crippen molar-refractivity contribution < 1.29 is 22.7 Å². The molecule has 0 saturated carbocycles. The fourth-order valence-corrected chi connectivity index (χ4v) is 4.36. The maximum absolute atomic E-state index is 12.6. The van der Waals surface area contributed by atoms with Crippen LogP contribution in [0.2, 0.25) is 0 Å². The normalized spacial score (nSPS) is 14.2. The van der Waals surface area contributed by atoms with Gasteiger partial charge in [-0.3, -0.25) is 4.79 Å². The Kier molecular flexibility index (Phi) is 6.53. The third-order valence-corrected chi connectivity index (χ3v) is 6.40. The molecule has 150 valence electrons. The van der Waals surface area contributed by atoms with Crippen LogP contribution in [0, 0.1) is 0 Å². The highest BCUT2D eigenvalue weighted by atomic mass is 32.2. The number of carbonyl (C=O) groups is 1. The average Bonchev–Trinajstić information content (AvgIpc) is 2.72. The lowest BCUT2D eigenvalue weighted by Crippen LogP contribution is -2.41. The van der Waals surface area contributed by atoms with Gasteiger partial charge in [0.05, 0.1) is 12.9 Å². The van der Waals surface area contributed by atoms with E-state index in [9.17, 15) is 13.2 Å². The molecule has 0 aromatic heterocycles. The van der Waals surface area contributed by atoms with Gasteiger partial charge in [-0.2, -0.15) is 4.31 Å². The van der Waals surface area contributed by atoms with Crippen LogP contribution in [0.25, 0.3) is 0 Å². The molecular weight excluding hydrogens is 380 g/mol. The van der Waals surface area contributed by atoms with Gasteiger partial charge in [0.15, 0.2) is 6.61 Å². The summed E-state index contributed by atoms with van der Waals surface area (Å²) in [5.74, 6) is 0.870. The summed E-state index contributed by atoms with van der Waals surface area (Å²) in [5, 5.41) is 2.60. The van der Waals surface area contributed by atoms with Crippen molar-refractivity contribution in [1.82, 2.24) is 9.62 Å². The third kappa shape index (κ3) is 5.24. The van der Waals surface area contributed by atoms with Crippen molar-refractivity contribution in [3.63, 3.8) is 0 Å². The molecule has 28 heavy (non-hydrogen) atoms. The van der Waals surface area contributed by atoms with E-state index in [1.54, 1.807) is 19.2 Å². The van der Waals surface area contributed by atoms with Crippen LogP contribution in [0.15, 0.2) is 48.5 Å². The third-order valence-electron chi connectivity index (χ3n) is 4.58. The molecule has 1 aliphatic heterocycles. The molecule has 1 amide bonds. The number of hydrogen-bond acceptors (Lipinski definition) is 5. The largest absolute Gasteiger partial charge is 0.497 e. The Morgan fingerprint density at radius 1 is 1.11 bits per heavy atom. The number of carbonyl (C=O) groups excluding carboxylic acids is 1. The van der Waals surface area contributed by atoms with E-state index in [1.165, 1.54) is 4.31 Å². The maximum atomic E-state index is 12.6. The van der Waals surface area contributed by atoms with Gasteiger partial charge in [0, 0.05) is 19.6 Å². The predicted octanol–water partition coefficient (Wildman–Crippen LogP) is 1.58. The van der Waals surface area contributed by atoms with E-state index < -0.39 is 10.0 Å². The molecule has 0 spiro atoms. The summed E-state index contributed by atoms with van der Waals surface area (Å²) in [6, 6.07) is 14.7. The highest BCUT2D eigenvalue weighted by Crippen LogP contribution is 2.25. The van der Waals surface area contributed by atoms with Crippen molar-refractivity contribution in [2.45, 2.75) is 13.0 Å². The first-order chi connectivity index (χ1) is 13.5. The lowest BCUT2D eigenvalue weighted by atomic mass is 10.0. The number of methoxy groups -OCH3 is 1. The predicted molar refractivity (Wildman–Crippen MR) is 106 cm³/mol. The Morgan fingerprint density at radius 3 is 2.64 bits per heavy atom. The minimum atomic E-state index is -3.46. The fourth-order valence-electron chi connectivity index (χ4n) is 3.03. The van der Waals surface area contributed by atoms with Crippen molar-refractivity contribution in [3.05, 3.63) is 59.7 Å². The second kappa shape index (κ2) is 9.07. The molecule has 1 heterocycles. The van der Waals surface area contributed by atoms with Crippen LogP contribution in [0.5, 0.6) is 11.5 Å². The summed E-state index contributed by atoms with van der Waals surface area (Å²) < 4.78 is 37.2. The van der Waals surface area contributed by atoms with Gasteiger partial charge in [-0.25, -0.2) is 8.42 Å². The van der Waals surface area contributed by atoms with Crippen LogP contribution >= 0.6 is 0 Å². The monoisotopic (exact) mass is 404 g/mol. The average molecular weight is 404 g/mol. The van der Waals surface area contributed by atoms with Crippen molar-refractivity contribution >= 4 is 15.9 Å². The number of fused-ring (bicyclic) bond motifs is 1. The van der Waals surface area contributed by atoms with Gasteiger partial charge >= 0.3 is 0 Å². The molecule has 1 aliphatic rings. The summed E-state index contributed by atoms with van der Waals surface area (Å²) >= 11 is 0. The van der Waals surface area contributed by atoms with Gasteiger partial charge in [0.25, 0.3) is 5.91 Å². The molecule has 0 atom stereocenters. The second-order valence-corrected chi connectivity index (χ2v) is 8.57. The molecule has 0 radical (unpaired) electrons. The van der Waals surface area contributed by atoms with E-state index in [1.807, 2.05) is 36.4 Å². The first kappa shape index (κ1) is 20.2. The summed E-state index contributed by atoms with van der Waals surface area (Å²) in [6.07, 6.45) is 0.642. The number of rotatable bonds is 8. The van der Waals surface area contributed by atoms with Gasteiger partial charge in [-0.1, -0.05) is 24.3 Å². The molecule has 0 aliphatic carbocycles. The van der Waals surface area contributed by atoms with Crippen molar-refractivity contribution in [2.75, 3.05) is 32.6 Å². The standard InChI is InChI=1S/C20H24N2O5S/c1-26-19-8-7-17-14-22(11-9-16(17)13-19)28(24,25)12-10-21-20(23)15-27-18-5-3-2-4-6-18/h2-8,13H,9-12,14-15H2,1H3,(H,21,23). The molecular formula is C20H24N2O5S. The van der Waals surface area contributed by atoms with Crippen LogP contribution in [0.3, 0.4) is 0 Å². The highest BCUT2D eigenvalue weighted by Gasteiger charge is 2.26. The number of amides is 1. The number of benzene rings is 2. The van der Waals surface area contributed by atoms with Crippen molar-refractivity contribution in [1.29, 1.82) is 0 Å². The summed E-state index contributed by atoms with van der Waals surface area (Å²) in [4.78, 5) is 11.8. The fraction of sp³-hybridized carbons (Fsp3) is 0.350. The summed E-state index contributed by atoms with van der Waals surface area (Å²) in [6.45, 7) is 0.661. The topological polar surface area (TPSA) is 84.9 Å². The Bertz CT molecular complexity index is 915. The molecule has 1 N–H and O–H groups in total. The Morgan fingerprint density at radius 2 is 1.89 bits per heavy atom. The summed E-state index contributed by atoms with van der Waals surface area (Å²) in [7, 11) is -1.85. The zero-order valence-corrected chi connectivity index (χ0v) is 16.6. The molecule has 2 aromatic carbocycles. The quantitative estimate of drug-likeness (QED) is 0.722. The molecule has 0 fully saturated rings. The van der Waals surface area contributed by atoms with Gasteiger partial charge in [0.2, 0.25) is 10.0 Å². The van der Waals surface area contributed by atoms with Gasteiger partial charge < -0.3 is 14.8 Å². The summed E-state index contributed by atoms with van der Waals surface area (Å²) in [5.41, 5.74) is 2.09. The van der Waals surface area contributed by atoms with Crippen LogP contribution < -0.4 is 14.8 Å². The van der Waals surface area contributed by atoms with E-state index in [0.29, 0.717) is 25.3 Å². The Balaban J connectivity index is 1.46. The number of nitrogens with one attached hydrogen (secondary N) is 1. The van der Waals surface area contributed by atoms with E-state index in [-0.39, 0.29) is 24.8 Å². The molecule has 2 aromatic rings. The number of hydrogen-bond donors (Lipinski definition) is 1. The van der Waals surface area contributed by atoms with Crippen molar-refractivity contribution in [3.8, 4) is 11.5 Å². The number of para-hydroxylation sites is 1. The number of sulfonamides is 1. The molecule has 3 rings (SSSR count). The van der Waals surface area contributed by atoms with Gasteiger partial charge in [-0.15, -0.1) is 0 Å². The van der Waals surface area contributed by atoms with Gasteiger partial charge in [-0.05, 0) is 41.8 Å². The Labute approximate surface area is 165 Å². The Hall–Kier alpha value is -2.58. The smallest absolute Gasteiger partial charge is 0.257 e. The molecule has 0 unspecified atom stereocenters. The van der Waals surface area contributed by atoms with Gasteiger partial charge in [0.1, 0.15) is 11.5 Å². The van der Waals surface area contributed by atoms with E-state index in [2.05, 4.69) is 5.32 Å². The minimum Gasteiger partial charge on any atom is -0.497 e. The zero-order valence-electron chi connectivity index (χ0n) is 15.8. The van der Waals surface area contributed by atoms with Crippen LogP contribution in [-0.4, -0.2) is 51.2 Å². The molecule has 0 saturated heterocycles. The molecule has 0 bridgehead atoms. The second-order valence-electron chi connectivity index (χ2n) is 6.49. The lowest BCUT2D eigenvalue weighted by Gasteiger charge is -2.28. The zero-order chi connectivity index (χ0) is 20.0. The molecule has 7 nitrogen and oxygen atoms in total. The van der Waals surface area contributed by atoms with Crippen LogP contribution in [0.1, 0.15) is 11.1 Å². The number of ether oxygens (including phenoxy) is 2. The molecule has 8 heteroatoms. The highest BCUT2D eigenvalue weighted by molar-refractivity contribution is 7.89. The van der Waals surface area contributed by atoms with Crippen LogP contribution in [-0.2, 0) is 27.8 Å². The number of nitrogens with zero attached hydrogens (tertiary/aromatic N) is 1. The van der Waals surface area contributed by atoms with Crippen molar-refractivity contribution in [2.24, 2.45) is 0 Å². The van der Waals surface area contributed by atoms with E-state index in [0.717, 1.165) is 16.9 Å². The lowest BCUT2D eigenvalue weighted by molar-refractivity contribution is -0.122. The minimum absolute atomic E-state index is 0.0469. The SMILES string of the molecule is COc1ccc2c(c1)CCN(S(=O)(=O)CCNC(=O)COc1ccccc1)C2. The first-order valence-corrected chi connectivity index (χ1v) is 10.7. The van der Waals surface area contributed by atoms with E-state index >= 15 is 0 Å².